The van der Waals surface area contributed by atoms with Crippen molar-refractivity contribution in [2.45, 2.75) is 4.90 Å². The molecule has 0 spiro atoms. The molecule has 0 saturated carbocycles. The Morgan fingerprint density at radius 2 is 1.73 bits per heavy atom. The predicted molar refractivity (Wildman–Crippen MR) is 84.8 cm³/mol. The van der Waals surface area contributed by atoms with Gasteiger partial charge in [-0.3, -0.25) is 0 Å². The number of hydrogen-bond donors (Lipinski definition) is 1. The van der Waals surface area contributed by atoms with Crippen LogP contribution in [-0.2, 0) is 9.84 Å². The molecule has 0 heterocycles. The second-order valence-electron chi connectivity index (χ2n) is 4.49. The fourth-order valence-corrected chi connectivity index (χ4v) is 3.29. The number of halogens is 1. The Labute approximate surface area is 133 Å². The number of rotatable bonds is 5. The van der Waals surface area contributed by atoms with Gasteiger partial charge in [0, 0.05) is 10.6 Å². The van der Waals surface area contributed by atoms with Gasteiger partial charge in [0.25, 0.3) is 0 Å². The van der Waals surface area contributed by atoms with Crippen molar-refractivity contribution in [3.63, 3.8) is 0 Å². The van der Waals surface area contributed by atoms with Crippen LogP contribution in [0.1, 0.15) is 5.56 Å². The van der Waals surface area contributed by atoms with Gasteiger partial charge in [-0.1, -0.05) is 28.9 Å². The van der Waals surface area contributed by atoms with Crippen molar-refractivity contribution in [1.82, 2.24) is 0 Å². The van der Waals surface area contributed by atoms with Crippen molar-refractivity contribution < 1.29 is 18.4 Å². The summed E-state index contributed by atoms with van der Waals surface area (Å²) >= 11 is 5.78. The topological polar surface area (TPSA) is 76.0 Å². The smallest absolute Gasteiger partial charge is 0.184 e. The zero-order chi connectivity index (χ0) is 16.2. The van der Waals surface area contributed by atoms with E-state index in [1.807, 2.05) is 0 Å². The molecule has 0 saturated heterocycles. The first-order valence-electron chi connectivity index (χ1n) is 6.30. The highest BCUT2D eigenvalue weighted by Gasteiger charge is 2.19. The minimum absolute atomic E-state index is 0.0486. The Morgan fingerprint density at radius 3 is 2.23 bits per heavy atom. The van der Waals surface area contributed by atoms with Crippen molar-refractivity contribution in [3.05, 3.63) is 59.1 Å². The minimum Gasteiger partial charge on any atom is -0.497 e. The van der Waals surface area contributed by atoms with E-state index in [9.17, 15) is 8.42 Å². The SMILES string of the molecule is COc1ccc(S(=O)(=O)C/C(=N\O)c2ccc(Cl)cc2)cc1. The number of methoxy groups -OCH3 is 1. The van der Waals surface area contributed by atoms with E-state index < -0.39 is 15.6 Å². The lowest BCUT2D eigenvalue weighted by Gasteiger charge is -2.08. The van der Waals surface area contributed by atoms with Gasteiger partial charge in [0.1, 0.15) is 17.2 Å². The number of hydrogen-bond acceptors (Lipinski definition) is 5. The van der Waals surface area contributed by atoms with Gasteiger partial charge >= 0.3 is 0 Å². The van der Waals surface area contributed by atoms with Crippen LogP contribution in [0.2, 0.25) is 5.02 Å². The summed E-state index contributed by atoms with van der Waals surface area (Å²) in [5.74, 6) is 0.143. The van der Waals surface area contributed by atoms with Crippen LogP contribution in [0.15, 0.2) is 58.6 Å². The highest BCUT2D eigenvalue weighted by atomic mass is 35.5. The summed E-state index contributed by atoms with van der Waals surface area (Å²) in [6, 6.07) is 12.4. The van der Waals surface area contributed by atoms with E-state index in [1.54, 1.807) is 36.4 Å². The number of oxime groups is 1. The quantitative estimate of drug-likeness (QED) is 0.516. The molecule has 0 aromatic heterocycles. The van der Waals surface area contributed by atoms with E-state index in [4.69, 9.17) is 21.5 Å². The van der Waals surface area contributed by atoms with Gasteiger partial charge in [-0.2, -0.15) is 0 Å². The zero-order valence-corrected chi connectivity index (χ0v) is 13.3. The Morgan fingerprint density at radius 1 is 1.14 bits per heavy atom. The molecule has 0 amide bonds. The van der Waals surface area contributed by atoms with Crippen LogP contribution in [0.3, 0.4) is 0 Å². The molecule has 0 bridgehead atoms. The monoisotopic (exact) mass is 339 g/mol. The standard InChI is InChI=1S/C15H14ClNO4S/c1-21-13-6-8-14(9-7-13)22(19,20)10-15(17-18)11-2-4-12(16)5-3-11/h2-9,18H,10H2,1H3/b17-15+. The first-order chi connectivity index (χ1) is 10.5. The zero-order valence-electron chi connectivity index (χ0n) is 11.7. The summed E-state index contributed by atoms with van der Waals surface area (Å²) in [5.41, 5.74) is 0.538. The molecule has 2 aromatic rings. The average Bonchev–Trinajstić information content (AvgIpc) is 2.53. The number of nitrogens with zero attached hydrogens (tertiary/aromatic N) is 1. The largest absolute Gasteiger partial charge is 0.497 e. The molecule has 116 valence electrons. The Hall–Kier alpha value is -2.05. The van der Waals surface area contributed by atoms with Crippen LogP contribution < -0.4 is 4.74 Å². The van der Waals surface area contributed by atoms with E-state index in [0.717, 1.165) is 0 Å². The van der Waals surface area contributed by atoms with Crippen molar-refractivity contribution in [2.75, 3.05) is 12.9 Å². The molecule has 22 heavy (non-hydrogen) atoms. The first-order valence-corrected chi connectivity index (χ1v) is 8.33. The highest BCUT2D eigenvalue weighted by Crippen LogP contribution is 2.18. The first kappa shape index (κ1) is 16.3. The number of sulfone groups is 1. The van der Waals surface area contributed by atoms with Crippen molar-refractivity contribution >= 4 is 27.1 Å². The van der Waals surface area contributed by atoms with E-state index in [2.05, 4.69) is 5.16 Å². The highest BCUT2D eigenvalue weighted by molar-refractivity contribution is 7.92. The third kappa shape index (κ3) is 3.78. The van der Waals surface area contributed by atoms with Gasteiger partial charge < -0.3 is 9.94 Å². The number of benzene rings is 2. The molecule has 2 rings (SSSR count). The van der Waals surface area contributed by atoms with Crippen molar-refractivity contribution in [1.29, 1.82) is 0 Å². The molecular weight excluding hydrogens is 326 g/mol. The normalized spacial score (nSPS) is 12.2. The maximum absolute atomic E-state index is 12.4. The third-order valence-corrected chi connectivity index (χ3v) is 4.94. The van der Waals surface area contributed by atoms with E-state index >= 15 is 0 Å². The van der Waals surface area contributed by atoms with Crippen molar-refractivity contribution in [3.8, 4) is 5.75 Å². The summed E-state index contributed by atoms with van der Waals surface area (Å²) < 4.78 is 29.8. The molecule has 0 atom stereocenters. The summed E-state index contributed by atoms with van der Waals surface area (Å²) in [6.45, 7) is 0. The van der Waals surface area contributed by atoms with Crippen LogP contribution in [0, 0.1) is 0 Å². The van der Waals surface area contributed by atoms with Crippen LogP contribution in [0.5, 0.6) is 5.75 Å². The lowest BCUT2D eigenvalue weighted by molar-refractivity contribution is 0.319. The summed E-state index contributed by atoms with van der Waals surface area (Å²) in [7, 11) is -2.13. The van der Waals surface area contributed by atoms with Gasteiger partial charge in [-0.15, -0.1) is 0 Å². The molecule has 0 fully saturated rings. The average molecular weight is 340 g/mol. The summed E-state index contributed by atoms with van der Waals surface area (Å²) in [5, 5.41) is 12.7. The lowest BCUT2D eigenvalue weighted by atomic mass is 10.1. The van der Waals surface area contributed by atoms with Gasteiger partial charge in [0.15, 0.2) is 9.84 Å². The molecular formula is C15H14ClNO4S. The predicted octanol–water partition coefficient (Wildman–Crippen LogP) is 3.00. The van der Waals surface area contributed by atoms with Gasteiger partial charge in [-0.25, -0.2) is 8.42 Å². The molecule has 1 N–H and O–H groups in total. The van der Waals surface area contributed by atoms with E-state index in [1.165, 1.54) is 19.2 Å². The fourth-order valence-electron chi connectivity index (χ4n) is 1.86. The molecule has 2 aromatic carbocycles. The number of ether oxygens (including phenoxy) is 1. The Bertz CT molecular complexity index is 768. The van der Waals surface area contributed by atoms with Crippen LogP contribution in [0.25, 0.3) is 0 Å². The van der Waals surface area contributed by atoms with Crippen LogP contribution >= 0.6 is 11.6 Å². The molecule has 5 nitrogen and oxygen atoms in total. The summed E-state index contributed by atoms with van der Waals surface area (Å²) in [6.07, 6.45) is 0. The Balaban J connectivity index is 2.27. The molecule has 0 aliphatic rings. The Kier molecular flexibility index (Phi) is 5.05. The second-order valence-corrected chi connectivity index (χ2v) is 6.91. The van der Waals surface area contributed by atoms with Crippen LogP contribution in [-0.4, -0.2) is 32.2 Å². The molecule has 0 aliphatic heterocycles. The van der Waals surface area contributed by atoms with E-state index in [0.29, 0.717) is 16.3 Å². The van der Waals surface area contributed by atoms with Crippen LogP contribution in [0.4, 0.5) is 0 Å². The van der Waals surface area contributed by atoms with E-state index in [-0.39, 0.29) is 10.6 Å². The van der Waals surface area contributed by atoms with Gasteiger partial charge in [0.05, 0.1) is 12.0 Å². The lowest BCUT2D eigenvalue weighted by Crippen LogP contribution is -2.17. The third-order valence-electron chi connectivity index (χ3n) is 3.04. The molecule has 0 radical (unpaired) electrons. The summed E-state index contributed by atoms with van der Waals surface area (Å²) in [4.78, 5) is 0.128. The maximum Gasteiger partial charge on any atom is 0.184 e. The minimum atomic E-state index is -3.63. The molecule has 7 heteroatoms. The maximum atomic E-state index is 12.4. The van der Waals surface area contributed by atoms with Crippen molar-refractivity contribution in [2.24, 2.45) is 5.16 Å². The molecule has 0 unspecified atom stereocenters. The second kappa shape index (κ2) is 6.81. The molecule has 0 aliphatic carbocycles. The van der Waals surface area contributed by atoms with Gasteiger partial charge in [-0.05, 0) is 36.4 Å². The van der Waals surface area contributed by atoms with Gasteiger partial charge in [0.2, 0.25) is 0 Å². The fraction of sp³-hybridized carbons (Fsp3) is 0.133.